The molecule has 1 atom stereocenters. The van der Waals surface area contributed by atoms with Crippen LogP contribution in [0.3, 0.4) is 0 Å². The number of carbonyl (C=O) groups is 2. The van der Waals surface area contributed by atoms with E-state index >= 15 is 0 Å². The van der Waals surface area contributed by atoms with Gasteiger partial charge in [-0.1, -0.05) is 186 Å². The third-order valence-electron chi connectivity index (χ3n) is 9.47. The number of phosphoric ester groups is 1. The van der Waals surface area contributed by atoms with Gasteiger partial charge in [0.1, 0.15) is 6.61 Å². The molecule has 52 heavy (non-hydrogen) atoms. The van der Waals surface area contributed by atoms with Crippen molar-refractivity contribution in [3.63, 3.8) is 0 Å². The van der Waals surface area contributed by atoms with Gasteiger partial charge in [-0.15, -0.1) is 0 Å². The van der Waals surface area contributed by atoms with E-state index in [-0.39, 0.29) is 19.4 Å². The molecule has 0 aliphatic carbocycles. The lowest BCUT2D eigenvalue weighted by molar-refractivity contribution is -0.161. The highest BCUT2D eigenvalue weighted by Crippen LogP contribution is 2.36. The van der Waals surface area contributed by atoms with Crippen molar-refractivity contribution in [3.05, 3.63) is 24.3 Å². The average Bonchev–Trinajstić information content (AvgIpc) is 3.11. The van der Waals surface area contributed by atoms with Gasteiger partial charge in [0.2, 0.25) is 0 Å². The van der Waals surface area contributed by atoms with Crippen LogP contribution in [0.1, 0.15) is 219 Å². The molecule has 0 aromatic carbocycles. The normalized spacial score (nSPS) is 12.6. The topological polar surface area (TPSA) is 119 Å². The van der Waals surface area contributed by atoms with Crippen LogP contribution in [0.25, 0.3) is 0 Å². The van der Waals surface area contributed by atoms with E-state index in [0.717, 1.165) is 44.9 Å². The summed E-state index contributed by atoms with van der Waals surface area (Å²) in [6, 6.07) is 0. The molecule has 0 heterocycles. The Morgan fingerprint density at radius 2 is 0.865 bits per heavy atom. The fraction of sp³-hybridized carbons (Fsp3) is 0.860. The smallest absolute Gasteiger partial charge is 0.462 e. The predicted octanol–water partition coefficient (Wildman–Crippen LogP) is 13.2. The van der Waals surface area contributed by atoms with Crippen molar-refractivity contribution < 1.29 is 37.9 Å². The van der Waals surface area contributed by atoms with Gasteiger partial charge in [0, 0.05) is 12.8 Å². The van der Waals surface area contributed by atoms with Gasteiger partial charge in [0.25, 0.3) is 0 Å². The zero-order valence-electron chi connectivity index (χ0n) is 33.7. The Balaban J connectivity index is 3.83. The van der Waals surface area contributed by atoms with Crippen LogP contribution in [0, 0.1) is 0 Å². The van der Waals surface area contributed by atoms with Gasteiger partial charge >= 0.3 is 19.8 Å². The standard InChI is InChI=1S/C43H81O8P/c1-3-5-7-9-11-13-15-16-17-18-19-20-21-22-23-24-25-26-28-30-32-34-36-38-43(45)51-41(40-50-52(46,47)48)39-49-42(44)37-35-33-31-29-27-14-12-10-8-6-4-2/h15-16,18-19,41H,3-14,17,20-40H2,1-2H3,(H2,46,47,48)/b16-15-,19-18-. The number of rotatable bonds is 40. The molecule has 0 aliphatic heterocycles. The second-order valence-corrected chi connectivity index (χ2v) is 15.9. The number of unbranched alkanes of at least 4 members (excludes halogenated alkanes) is 26. The quantitative estimate of drug-likeness (QED) is 0.0274. The van der Waals surface area contributed by atoms with Crippen LogP contribution in [-0.2, 0) is 28.2 Å². The van der Waals surface area contributed by atoms with E-state index in [9.17, 15) is 14.2 Å². The molecule has 0 aromatic rings. The minimum absolute atomic E-state index is 0.212. The Hall–Kier alpha value is -1.47. The van der Waals surface area contributed by atoms with Gasteiger partial charge < -0.3 is 19.3 Å². The minimum atomic E-state index is -4.75. The zero-order chi connectivity index (χ0) is 38.2. The van der Waals surface area contributed by atoms with Crippen LogP contribution in [0.4, 0.5) is 0 Å². The Morgan fingerprint density at radius 1 is 0.500 bits per heavy atom. The molecule has 0 bridgehead atoms. The molecule has 0 fully saturated rings. The number of hydrogen-bond acceptors (Lipinski definition) is 6. The van der Waals surface area contributed by atoms with Gasteiger partial charge in [-0.05, 0) is 44.9 Å². The molecule has 0 amide bonds. The molecular formula is C43H81O8P. The number of hydrogen-bond donors (Lipinski definition) is 2. The number of ether oxygens (including phenoxy) is 2. The van der Waals surface area contributed by atoms with E-state index in [1.165, 1.54) is 141 Å². The lowest BCUT2D eigenvalue weighted by Gasteiger charge is -2.18. The zero-order valence-corrected chi connectivity index (χ0v) is 34.6. The van der Waals surface area contributed by atoms with Crippen molar-refractivity contribution >= 4 is 19.8 Å². The Kier molecular flexibility index (Phi) is 38.1. The fourth-order valence-corrected chi connectivity index (χ4v) is 6.59. The van der Waals surface area contributed by atoms with Crippen LogP contribution in [-0.4, -0.2) is 41.0 Å². The summed E-state index contributed by atoms with van der Waals surface area (Å²) in [4.78, 5) is 42.8. The highest BCUT2D eigenvalue weighted by molar-refractivity contribution is 7.46. The summed E-state index contributed by atoms with van der Waals surface area (Å²) in [7, 11) is -4.75. The van der Waals surface area contributed by atoms with E-state index in [0.29, 0.717) is 6.42 Å². The van der Waals surface area contributed by atoms with E-state index in [2.05, 4.69) is 42.7 Å². The molecule has 0 aromatic heterocycles. The van der Waals surface area contributed by atoms with Gasteiger partial charge in [-0.3, -0.25) is 14.1 Å². The summed E-state index contributed by atoms with van der Waals surface area (Å²) >= 11 is 0. The van der Waals surface area contributed by atoms with Gasteiger partial charge in [0.05, 0.1) is 6.61 Å². The minimum Gasteiger partial charge on any atom is -0.462 e. The van der Waals surface area contributed by atoms with Gasteiger partial charge in [-0.25, -0.2) is 4.57 Å². The fourth-order valence-electron chi connectivity index (χ4n) is 6.23. The van der Waals surface area contributed by atoms with Crippen molar-refractivity contribution in [1.29, 1.82) is 0 Å². The highest BCUT2D eigenvalue weighted by Gasteiger charge is 2.22. The van der Waals surface area contributed by atoms with Crippen molar-refractivity contribution in [3.8, 4) is 0 Å². The molecule has 0 saturated heterocycles. The monoisotopic (exact) mass is 757 g/mol. The Bertz CT molecular complexity index is 900. The summed E-state index contributed by atoms with van der Waals surface area (Å²) in [6.45, 7) is 3.68. The first-order valence-electron chi connectivity index (χ1n) is 21.6. The number of esters is 2. The molecular weight excluding hydrogens is 675 g/mol. The van der Waals surface area contributed by atoms with Gasteiger partial charge in [-0.2, -0.15) is 0 Å². The van der Waals surface area contributed by atoms with E-state index in [1.807, 2.05) is 0 Å². The molecule has 0 radical (unpaired) electrons. The highest BCUT2D eigenvalue weighted by atomic mass is 31.2. The van der Waals surface area contributed by atoms with Crippen LogP contribution in [0.15, 0.2) is 24.3 Å². The number of phosphoric acid groups is 1. The molecule has 0 rings (SSSR count). The molecule has 2 N–H and O–H groups in total. The molecule has 306 valence electrons. The summed E-state index contributed by atoms with van der Waals surface area (Å²) in [5, 5.41) is 0. The van der Waals surface area contributed by atoms with E-state index in [4.69, 9.17) is 19.3 Å². The van der Waals surface area contributed by atoms with Crippen LogP contribution < -0.4 is 0 Å². The number of allylic oxidation sites excluding steroid dienone is 4. The summed E-state index contributed by atoms with van der Waals surface area (Å²) in [5.41, 5.74) is 0. The molecule has 9 heteroatoms. The van der Waals surface area contributed by atoms with E-state index < -0.39 is 32.5 Å². The lowest BCUT2D eigenvalue weighted by atomic mass is 10.0. The third kappa shape index (κ3) is 41.3. The first kappa shape index (κ1) is 50.5. The largest absolute Gasteiger partial charge is 0.469 e. The second kappa shape index (κ2) is 39.2. The summed E-state index contributed by atoms with van der Waals surface area (Å²) in [5.74, 6) is -0.880. The van der Waals surface area contributed by atoms with Crippen LogP contribution in [0.5, 0.6) is 0 Å². The van der Waals surface area contributed by atoms with Crippen molar-refractivity contribution in [2.45, 2.75) is 225 Å². The van der Waals surface area contributed by atoms with Crippen molar-refractivity contribution in [1.82, 2.24) is 0 Å². The third-order valence-corrected chi connectivity index (χ3v) is 9.96. The van der Waals surface area contributed by atoms with Crippen molar-refractivity contribution in [2.24, 2.45) is 0 Å². The molecule has 1 unspecified atom stereocenters. The Labute approximate surface area is 319 Å². The van der Waals surface area contributed by atoms with Crippen LogP contribution >= 0.6 is 7.82 Å². The maximum absolute atomic E-state index is 12.4. The second-order valence-electron chi connectivity index (χ2n) is 14.7. The SMILES string of the molecule is CCCCCCC/C=C\C/C=C\CCCCCCCCCCCCCC(=O)OC(COC(=O)CCCCCCCCCCCCC)COP(=O)(O)O. The lowest BCUT2D eigenvalue weighted by Crippen LogP contribution is -2.29. The first-order valence-corrected chi connectivity index (χ1v) is 23.2. The maximum Gasteiger partial charge on any atom is 0.469 e. The van der Waals surface area contributed by atoms with Crippen molar-refractivity contribution in [2.75, 3.05) is 13.2 Å². The first-order chi connectivity index (χ1) is 25.3. The number of carbonyl (C=O) groups excluding carboxylic acids is 2. The Morgan fingerprint density at radius 3 is 1.27 bits per heavy atom. The average molecular weight is 757 g/mol. The predicted molar refractivity (Wildman–Crippen MR) is 216 cm³/mol. The molecule has 0 spiro atoms. The molecule has 0 aliphatic rings. The summed E-state index contributed by atoms with van der Waals surface area (Å²) in [6.07, 6.45) is 44.8. The van der Waals surface area contributed by atoms with Crippen LogP contribution in [0.2, 0.25) is 0 Å². The molecule has 0 saturated carbocycles. The van der Waals surface area contributed by atoms with Gasteiger partial charge in [0.15, 0.2) is 6.10 Å². The summed E-state index contributed by atoms with van der Waals surface area (Å²) < 4.78 is 26.4. The maximum atomic E-state index is 12.4. The molecule has 8 nitrogen and oxygen atoms in total. The van der Waals surface area contributed by atoms with E-state index in [1.54, 1.807) is 0 Å².